The summed E-state index contributed by atoms with van der Waals surface area (Å²) in [6.45, 7) is 10.7. The average molecular weight is 369 g/mol. The minimum atomic E-state index is -3.33. The summed E-state index contributed by atoms with van der Waals surface area (Å²) in [4.78, 5) is 25.0. The highest BCUT2D eigenvalue weighted by Crippen LogP contribution is 2.24. The molecule has 0 spiro atoms. The Balaban J connectivity index is 3.08. The molecule has 0 aliphatic rings. The fraction of sp³-hybridized carbons (Fsp3) is 0.556. The van der Waals surface area contributed by atoms with Gasteiger partial charge in [0.1, 0.15) is 11.6 Å². The first-order valence-corrected chi connectivity index (χ1v) is 9.84. The molecule has 1 N–H and O–H groups in total. The third kappa shape index (κ3) is 6.49. The Hall–Kier alpha value is -1.89. The largest absolute Gasteiger partial charge is 0.444 e. The molecule has 0 heterocycles. The van der Waals surface area contributed by atoms with Gasteiger partial charge in [-0.3, -0.25) is 4.79 Å². The Morgan fingerprint density at radius 1 is 1.00 bits per heavy atom. The lowest BCUT2D eigenvalue weighted by Gasteiger charge is -2.31. The van der Waals surface area contributed by atoms with Crippen LogP contribution in [0.5, 0.6) is 0 Å². The fourth-order valence-electron chi connectivity index (χ4n) is 2.13. The highest BCUT2D eigenvalue weighted by molar-refractivity contribution is 7.90. The van der Waals surface area contributed by atoms with E-state index < -0.39 is 33.0 Å². The molecule has 1 amide bonds. The molecule has 1 aromatic rings. The van der Waals surface area contributed by atoms with Crippen molar-refractivity contribution < 1.29 is 22.7 Å². The number of rotatable bonds is 4. The minimum Gasteiger partial charge on any atom is -0.444 e. The summed E-state index contributed by atoms with van der Waals surface area (Å²) in [5.41, 5.74) is -0.903. The van der Waals surface area contributed by atoms with Crippen molar-refractivity contribution in [1.29, 1.82) is 0 Å². The zero-order valence-corrected chi connectivity index (χ0v) is 16.7. The summed E-state index contributed by atoms with van der Waals surface area (Å²) in [7, 11) is -3.33. The summed E-state index contributed by atoms with van der Waals surface area (Å²) in [5.74, 6) is -0.307. The molecule has 1 rings (SSSR count). The third-order valence-corrected chi connectivity index (χ3v) is 4.48. The predicted octanol–water partition coefficient (Wildman–Crippen LogP) is 3.21. The number of carbonyl (C=O) groups is 2. The van der Waals surface area contributed by atoms with Gasteiger partial charge < -0.3 is 10.1 Å². The molecule has 0 unspecified atom stereocenters. The van der Waals surface area contributed by atoms with E-state index >= 15 is 0 Å². The summed E-state index contributed by atoms with van der Waals surface area (Å²) in [6.07, 6.45) is 0.430. The second kappa shape index (κ2) is 7.15. The number of hydrogen-bond donors (Lipinski definition) is 1. The van der Waals surface area contributed by atoms with Crippen LogP contribution in [-0.4, -0.2) is 38.2 Å². The molecule has 0 radical (unpaired) electrons. The van der Waals surface area contributed by atoms with E-state index in [9.17, 15) is 18.0 Å². The van der Waals surface area contributed by atoms with E-state index in [0.717, 1.165) is 6.26 Å². The molecule has 0 saturated heterocycles. The van der Waals surface area contributed by atoms with Crippen molar-refractivity contribution in [2.75, 3.05) is 6.26 Å². The number of amides is 1. The molecule has 0 aromatic heterocycles. The van der Waals surface area contributed by atoms with E-state index in [-0.39, 0.29) is 10.7 Å². The van der Waals surface area contributed by atoms with Crippen LogP contribution in [0.3, 0.4) is 0 Å². The molecule has 1 aromatic carbocycles. The Bertz CT molecular complexity index is 737. The van der Waals surface area contributed by atoms with E-state index in [1.165, 1.54) is 24.3 Å². The van der Waals surface area contributed by atoms with Gasteiger partial charge in [-0.1, -0.05) is 32.9 Å². The number of nitrogens with one attached hydrogen (secondary N) is 1. The number of benzene rings is 1. The van der Waals surface area contributed by atoms with Gasteiger partial charge in [-0.15, -0.1) is 0 Å². The van der Waals surface area contributed by atoms with Crippen LogP contribution in [0.1, 0.15) is 51.9 Å². The maximum atomic E-state index is 12.8. The average Bonchev–Trinajstić information content (AvgIpc) is 2.40. The second-order valence-corrected chi connectivity index (χ2v) is 10.1. The highest BCUT2D eigenvalue weighted by Gasteiger charge is 2.34. The molecule has 25 heavy (non-hydrogen) atoms. The molecule has 1 atom stereocenters. The zero-order valence-electron chi connectivity index (χ0n) is 15.8. The molecule has 0 aliphatic carbocycles. The van der Waals surface area contributed by atoms with E-state index in [4.69, 9.17) is 4.74 Å². The molecule has 0 bridgehead atoms. The maximum absolute atomic E-state index is 12.8. The van der Waals surface area contributed by atoms with Crippen LogP contribution in [0.15, 0.2) is 29.2 Å². The number of hydrogen-bond acceptors (Lipinski definition) is 5. The van der Waals surface area contributed by atoms with Gasteiger partial charge in [-0.25, -0.2) is 13.2 Å². The van der Waals surface area contributed by atoms with Crippen molar-refractivity contribution in [1.82, 2.24) is 5.32 Å². The first-order chi connectivity index (χ1) is 11.1. The molecule has 7 heteroatoms. The van der Waals surface area contributed by atoms with E-state index in [1.54, 1.807) is 20.8 Å². The molecule has 0 aliphatic heterocycles. The second-order valence-electron chi connectivity index (χ2n) is 8.11. The number of Topliss-reactive ketones (excluding diaryl/α,β-unsaturated/α-hetero) is 1. The van der Waals surface area contributed by atoms with E-state index in [1.807, 2.05) is 20.8 Å². The van der Waals surface area contributed by atoms with Crippen molar-refractivity contribution in [2.45, 2.75) is 58.1 Å². The Morgan fingerprint density at radius 3 is 1.84 bits per heavy atom. The van der Waals surface area contributed by atoms with Gasteiger partial charge in [0, 0.05) is 11.8 Å². The standard InChI is InChI=1S/C18H27NO5S/c1-17(2,3)15(19-16(21)24-18(4,5)6)14(20)12-8-10-13(11-9-12)25(7,22)23/h8-11,15H,1-7H3,(H,19,21)/t15-/m1/s1. The number of ketones is 1. The van der Waals surface area contributed by atoms with Crippen LogP contribution in [0.4, 0.5) is 4.79 Å². The molecule has 0 saturated carbocycles. The molecular formula is C18H27NO5S. The maximum Gasteiger partial charge on any atom is 0.408 e. The lowest BCUT2D eigenvalue weighted by atomic mass is 9.82. The summed E-state index contributed by atoms with van der Waals surface area (Å²) < 4.78 is 28.3. The Labute approximate surface area is 149 Å². The van der Waals surface area contributed by atoms with Crippen molar-refractivity contribution in [3.05, 3.63) is 29.8 Å². The first-order valence-electron chi connectivity index (χ1n) is 7.95. The van der Waals surface area contributed by atoms with Crippen LogP contribution in [0, 0.1) is 5.41 Å². The monoisotopic (exact) mass is 369 g/mol. The van der Waals surface area contributed by atoms with Gasteiger partial charge in [0.25, 0.3) is 0 Å². The topological polar surface area (TPSA) is 89.5 Å². The van der Waals surface area contributed by atoms with Crippen molar-refractivity contribution in [3.63, 3.8) is 0 Å². The van der Waals surface area contributed by atoms with Crippen molar-refractivity contribution in [2.24, 2.45) is 5.41 Å². The fourth-order valence-corrected chi connectivity index (χ4v) is 2.76. The van der Waals surface area contributed by atoms with Crippen LogP contribution >= 0.6 is 0 Å². The lowest BCUT2D eigenvalue weighted by molar-refractivity contribution is 0.0446. The first kappa shape index (κ1) is 21.2. The van der Waals surface area contributed by atoms with Gasteiger partial charge >= 0.3 is 6.09 Å². The number of ether oxygens (including phenoxy) is 1. The van der Waals surface area contributed by atoms with Crippen LogP contribution in [-0.2, 0) is 14.6 Å². The molecule has 6 nitrogen and oxygen atoms in total. The van der Waals surface area contributed by atoms with Gasteiger partial charge in [0.15, 0.2) is 15.6 Å². The predicted molar refractivity (Wildman–Crippen MR) is 96.5 cm³/mol. The van der Waals surface area contributed by atoms with Gasteiger partial charge in [0.2, 0.25) is 0 Å². The number of carbonyl (C=O) groups excluding carboxylic acids is 2. The Morgan fingerprint density at radius 2 is 1.48 bits per heavy atom. The summed E-state index contributed by atoms with van der Waals surface area (Å²) in [6, 6.07) is 4.86. The number of sulfone groups is 1. The van der Waals surface area contributed by atoms with Crippen molar-refractivity contribution in [3.8, 4) is 0 Å². The van der Waals surface area contributed by atoms with E-state index in [0.29, 0.717) is 5.56 Å². The summed E-state index contributed by atoms with van der Waals surface area (Å²) in [5, 5.41) is 2.63. The normalized spacial score (nSPS) is 13.9. The van der Waals surface area contributed by atoms with Crippen LogP contribution in [0.2, 0.25) is 0 Å². The van der Waals surface area contributed by atoms with Crippen LogP contribution in [0.25, 0.3) is 0 Å². The third-order valence-electron chi connectivity index (χ3n) is 3.36. The number of alkyl carbamates (subject to hydrolysis) is 1. The molecule has 0 fully saturated rings. The summed E-state index contributed by atoms with van der Waals surface area (Å²) >= 11 is 0. The Kier molecular flexibility index (Phi) is 6.05. The van der Waals surface area contributed by atoms with Crippen molar-refractivity contribution >= 4 is 21.7 Å². The molecular weight excluding hydrogens is 342 g/mol. The van der Waals surface area contributed by atoms with E-state index in [2.05, 4.69) is 5.32 Å². The molecule has 140 valence electrons. The van der Waals surface area contributed by atoms with Gasteiger partial charge in [-0.05, 0) is 38.3 Å². The van der Waals surface area contributed by atoms with Gasteiger partial charge in [0.05, 0.1) is 4.90 Å². The minimum absolute atomic E-state index is 0.136. The SMILES string of the molecule is CC(C)(C)OC(=O)N[C@H](C(=O)c1ccc(S(C)(=O)=O)cc1)C(C)(C)C. The van der Waals surface area contributed by atoms with Crippen LogP contribution < -0.4 is 5.32 Å². The van der Waals surface area contributed by atoms with Gasteiger partial charge in [-0.2, -0.15) is 0 Å². The lowest BCUT2D eigenvalue weighted by Crippen LogP contribution is -2.50. The smallest absolute Gasteiger partial charge is 0.408 e. The highest BCUT2D eigenvalue weighted by atomic mass is 32.2. The zero-order chi connectivity index (χ0) is 19.6. The quantitative estimate of drug-likeness (QED) is 0.823.